The number of carbonyl (C=O) groups is 2. The van der Waals surface area contributed by atoms with Crippen molar-refractivity contribution in [2.45, 2.75) is 44.6 Å². The van der Waals surface area contributed by atoms with Gasteiger partial charge in [-0.1, -0.05) is 25.0 Å². The fourth-order valence-corrected chi connectivity index (χ4v) is 3.15. The zero-order valence-electron chi connectivity index (χ0n) is 11.8. The van der Waals surface area contributed by atoms with Crippen LogP contribution in [0.1, 0.15) is 37.7 Å². The Bertz CT molecular complexity index is 495. The fourth-order valence-electron chi connectivity index (χ4n) is 2.79. The quantitative estimate of drug-likeness (QED) is 0.721. The number of benzene rings is 1. The van der Waals surface area contributed by atoms with E-state index in [9.17, 15) is 14.7 Å². The summed E-state index contributed by atoms with van der Waals surface area (Å²) in [4.78, 5) is 23.3. The average Bonchev–Trinajstić information content (AvgIpc) is 2.93. The van der Waals surface area contributed by atoms with Gasteiger partial charge in [0.2, 0.25) is 5.91 Å². The van der Waals surface area contributed by atoms with Crippen LogP contribution in [0.3, 0.4) is 0 Å². The van der Waals surface area contributed by atoms with Crippen molar-refractivity contribution in [3.05, 3.63) is 33.4 Å². The van der Waals surface area contributed by atoms with E-state index in [-0.39, 0.29) is 5.91 Å². The third-order valence-corrected chi connectivity index (χ3v) is 4.65. The Morgan fingerprint density at radius 1 is 1.24 bits per heavy atom. The van der Waals surface area contributed by atoms with Crippen LogP contribution in [0, 0.1) is 9.49 Å². The molecule has 0 saturated heterocycles. The number of aliphatic carboxylic acids is 1. The summed E-state index contributed by atoms with van der Waals surface area (Å²) in [6.07, 6.45) is 5.32. The molecule has 1 atom stereocenters. The van der Waals surface area contributed by atoms with Gasteiger partial charge < -0.3 is 10.4 Å². The summed E-state index contributed by atoms with van der Waals surface area (Å²) < 4.78 is 1.11. The average molecular weight is 401 g/mol. The van der Waals surface area contributed by atoms with Gasteiger partial charge in [-0.2, -0.15) is 0 Å². The molecule has 1 aromatic rings. The molecule has 0 bridgehead atoms. The lowest BCUT2D eigenvalue weighted by atomic mass is 10.0. The van der Waals surface area contributed by atoms with Crippen LogP contribution in [0.15, 0.2) is 24.3 Å². The highest BCUT2D eigenvalue weighted by Gasteiger charge is 2.23. The summed E-state index contributed by atoms with van der Waals surface area (Å²) in [5, 5.41) is 11.9. The van der Waals surface area contributed by atoms with Crippen molar-refractivity contribution in [2.75, 3.05) is 0 Å². The first-order chi connectivity index (χ1) is 10.0. The van der Waals surface area contributed by atoms with Crippen LogP contribution in [0.5, 0.6) is 0 Å². The number of halogens is 1. The van der Waals surface area contributed by atoms with Gasteiger partial charge in [-0.05, 0) is 59.0 Å². The van der Waals surface area contributed by atoms with Crippen LogP contribution >= 0.6 is 22.6 Å². The molecule has 0 aromatic heterocycles. The van der Waals surface area contributed by atoms with Crippen LogP contribution in [0.2, 0.25) is 0 Å². The molecular weight excluding hydrogens is 381 g/mol. The summed E-state index contributed by atoms with van der Waals surface area (Å²) in [5.74, 6) is -0.689. The molecule has 114 valence electrons. The summed E-state index contributed by atoms with van der Waals surface area (Å²) in [6.45, 7) is 0. The van der Waals surface area contributed by atoms with Gasteiger partial charge in [-0.3, -0.25) is 4.79 Å². The SMILES string of the molecule is O=C(CC1CCCC1)N[C@H](Cc1ccc(I)cc1)C(=O)O. The molecule has 1 aliphatic carbocycles. The van der Waals surface area contributed by atoms with E-state index in [4.69, 9.17) is 0 Å². The molecule has 1 fully saturated rings. The topological polar surface area (TPSA) is 66.4 Å². The highest BCUT2D eigenvalue weighted by atomic mass is 127. The van der Waals surface area contributed by atoms with Crippen LogP contribution in [0.4, 0.5) is 0 Å². The van der Waals surface area contributed by atoms with Gasteiger partial charge in [0.05, 0.1) is 0 Å². The Balaban J connectivity index is 1.90. The zero-order chi connectivity index (χ0) is 15.2. The summed E-state index contributed by atoms with van der Waals surface area (Å²) >= 11 is 2.20. The van der Waals surface area contributed by atoms with E-state index in [1.54, 1.807) is 0 Å². The van der Waals surface area contributed by atoms with Gasteiger partial charge in [-0.15, -0.1) is 0 Å². The molecule has 5 heteroatoms. The second kappa shape index (κ2) is 7.77. The lowest BCUT2D eigenvalue weighted by Crippen LogP contribution is -2.42. The molecule has 0 unspecified atom stereocenters. The number of nitrogens with one attached hydrogen (secondary N) is 1. The predicted molar refractivity (Wildman–Crippen MR) is 89.0 cm³/mol. The number of rotatable bonds is 6. The molecule has 21 heavy (non-hydrogen) atoms. The first-order valence-electron chi connectivity index (χ1n) is 7.31. The van der Waals surface area contributed by atoms with E-state index in [2.05, 4.69) is 27.9 Å². The normalized spacial score (nSPS) is 16.6. The Labute approximate surface area is 138 Å². The van der Waals surface area contributed by atoms with Crippen molar-refractivity contribution in [1.29, 1.82) is 0 Å². The smallest absolute Gasteiger partial charge is 0.326 e. The van der Waals surface area contributed by atoms with Crippen LogP contribution in [-0.2, 0) is 16.0 Å². The van der Waals surface area contributed by atoms with Crippen LogP contribution in [0.25, 0.3) is 0 Å². The van der Waals surface area contributed by atoms with Gasteiger partial charge in [0.1, 0.15) is 6.04 Å². The van der Waals surface area contributed by atoms with Gasteiger partial charge in [0.15, 0.2) is 0 Å². The van der Waals surface area contributed by atoms with E-state index < -0.39 is 12.0 Å². The molecule has 1 aromatic carbocycles. The predicted octanol–water partition coefficient (Wildman–Crippen LogP) is 2.98. The van der Waals surface area contributed by atoms with Gasteiger partial charge in [0, 0.05) is 16.4 Å². The third-order valence-electron chi connectivity index (χ3n) is 3.94. The molecule has 0 spiro atoms. The molecule has 0 heterocycles. The zero-order valence-corrected chi connectivity index (χ0v) is 14.0. The largest absolute Gasteiger partial charge is 0.480 e. The minimum atomic E-state index is -0.978. The molecule has 2 rings (SSSR count). The highest BCUT2D eigenvalue weighted by Crippen LogP contribution is 2.27. The molecule has 2 N–H and O–H groups in total. The standard InChI is InChI=1S/C16H20INO3/c17-13-7-5-12(6-8-13)9-14(16(20)21)18-15(19)10-11-3-1-2-4-11/h5-8,11,14H,1-4,9-10H2,(H,18,19)(H,20,21)/t14-/m1/s1. The number of carbonyl (C=O) groups excluding carboxylic acids is 1. The Morgan fingerprint density at radius 2 is 1.86 bits per heavy atom. The van der Waals surface area contributed by atoms with Crippen molar-refractivity contribution in [3.8, 4) is 0 Å². The third kappa shape index (κ3) is 5.30. The summed E-state index contributed by atoms with van der Waals surface area (Å²) in [7, 11) is 0. The molecule has 0 aliphatic heterocycles. The molecule has 1 aliphatic rings. The molecular formula is C16H20INO3. The van der Waals surface area contributed by atoms with Crippen molar-refractivity contribution >= 4 is 34.5 Å². The second-order valence-electron chi connectivity index (χ2n) is 5.64. The van der Waals surface area contributed by atoms with Crippen LogP contribution < -0.4 is 5.32 Å². The highest BCUT2D eigenvalue weighted by molar-refractivity contribution is 14.1. The number of amides is 1. The summed E-state index contributed by atoms with van der Waals surface area (Å²) in [5.41, 5.74) is 0.920. The number of carboxylic acid groups (broad SMARTS) is 1. The van der Waals surface area contributed by atoms with Gasteiger partial charge in [0.25, 0.3) is 0 Å². The Morgan fingerprint density at radius 3 is 2.43 bits per heavy atom. The molecule has 0 radical (unpaired) electrons. The maximum Gasteiger partial charge on any atom is 0.326 e. The van der Waals surface area contributed by atoms with Crippen molar-refractivity contribution in [2.24, 2.45) is 5.92 Å². The maximum atomic E-state index is 12.0. The van der Waals surface area contributed by atoms with E-state index in [0.29, 0.717) is 18.8 Å². The lowest BCUT2D eigenvalue weighted by molar-refractivity contribution is -0.141. The fraction of sp³-hybridized carbons (Fsp3) is 0.500. The van der Waals surface area contributed by atoms with Gasteiger partial charge >= 0.3 is 5.97 Å². The molecule has 4 nitrogen and oxygen atoms in total. The molecule has 1 amide bonds. The lowest BCUT2D eigenvalue weighted by Gasteiger charge is -2.16. The first-order valence-corrected chi connectivity index (χ1v) is 8.39. The number of hydrogen-bond acceptors (Lipinski definition) is 2. The number of hydrogen-bond donors (Lipinski definition) is 2. The van der Waals surface area contributed by atoms with Crippen molar-refractivity contribution < 1.29 is 14.7 Å². The van der Waals surface area contributed by atoms with Crippen molar-refractivity contribution in [1.82, 2.24) is 5.32 Å². The second-order valence-corrected chi connectivity index (χ2v) is 6.89. The Kier molecular flexibility index (Phi) is 6.02. The van der Waals surface area contributed by atoms with Gasteiger partial charge in [-0.25, -0.2) is 4.79 Å². The minimum Gasteiger partial charge on any atom is -0.480 e. The van der Waals surface area contributed by atoms with E-state index in [1.807, 2.05) is 24.3 Å². The van der Waals surface area contributed by atoms with E-state index in [1.165, 1.54) is 12.8 Å². The minimum absolute atomic E-state index is 0.139. The van der Waals surface area contributed by atoms with E-state index in [0.717, 1.165) is 22.0 Å². The monoisotopic (exact) mass is 401 g/mol. The molecule has 1 saturated carbocycles. The number of carboxylic acids is 1. The van der Waals surface area contributed by atoms with Crippen molar-refractivity contribution in [3.63, 3.8) is 0 Å². The maximum absolute atomic E-state index is 12.0. The van der Waals surface area contributed by atoms with E-state index >= 15 is 0 Å². The first kappa shape index (κ1) is 16.3. The van der Waals surface area contributed by atoms with Crippen LogP contribution in [-0.4, -0.2) is 23.0 Å². The Hall–Kier alpha value is -1.11. The summed E-state index contributed by atoms with van der Waals surface area (Å²) in [6, 6.07) is 6.84.